The number of hydrogen-bond donors (Lipinski definition) is 1. The fraction of sp³-hybridized carbons (Fsp3) is 0.556. The Kier molecular flexibility index (Phi) is 8.51. The smallest absolute Gasteiger partial charge is 0.230 e. The van der Waals surface area contributed by atoms with E-state index in [1.54, 1.807) is 6.07 Å². The van der Waals surface area contributed by atoms with Crippen molar-refractivity contribution in [3.63, 3.8) is 0 Å². The lowest BCUT2D eigenvalue weighted by atomic mass is 9.86. The minimum Gasteiger partial charge on any atom is -0.474 e. The number of aromatic nitrogens is 1. The van der Waals surface area contributed by atoms with Gasteiger partial charge in [0.25, 0.3) is 0 Å². The number of benzene rings is 1. The number of carbonyl (C=O) groups is 1. The van der Waals surface area contributed by atoms with Crippen LogP contribution in [-0.4, -0.2) is 54.6 Å². The van der Waals surface area contributed by atoms with Gasteiger partial charge in [0.1, 0.15) is 11.9 Å². The molecule has 2 aliphatic rings. The minimum absolute atomic E-state index is 0.00779. The van der Waals surface area contributed by atoms with Crippen LogP contribution in [0.5, 0.6) is 5.88 Å². The Hall–Kier alpha value is -2.51. The van der Waals surface area contributed by atoms with Crippen molar-refractivity contribution in [1.82, 2.24) is 15.2 Å². The third-order valence-electron chi connectivity index (χ3n) is 6.97. The van der Waals surface area contributed by atoms with Gasteiger partial charge in [-0.15, -0.1) is 0 Å². The van der Waals surface area contributed by atoms with Crippen molar-refractivity contribution < 1.29 is 13.9 Å². The molecule has 2 heterocycles. The highest BCUT2D eigenvalue weighted by atomic mass is 19.1. The van der Waals surface area contributed by atoms with Gasteiger partial charge in [0.15, 0.2) is 0 Å². The summed E-state index contributed by atoms with van der Waals surface area (Å²) in [6, 6.07) is 9.41. The number of amides is 1. The fourth-order valence-corrected chi connectivity index (χ4v) is 4.98. The molecule has 184 valence electrons. The lowest BCUT2D eigenvalue weighted by Crippen LogP contribution is -2.43. The Balaban J connectivity index is 1.36. The number of ether oxygens (including phenoxy) is 1. The summed E-state index contributed by atoms with van der Waals surface area (Å²) in [5, 5.41) is 3.40. The van der Waals surface area contributed by atoms with Crippen LogP contribution in [0.25, 0.3) is 0 Å². The lowest BCUT2D eigenvalue weighted by Gasteiger charge is -2.32. The van der Waals surface area contributed by atoms with Crippen LogP contribution >= 0.6 is 0 Å². The van der Waals surface area contributed by atoms with Crippen molar-refractivity contribution in [2.24, 2.45) is 5.92 Å². The molecule has 1 aliphatic carbocycles. The predicted octanol–water partition coefficient (Wildman–Crippen LogP) is 4.32. The zero-order valence-electron chi connectivity index (χ0n) is 20.4. The normalized spacial score (nSPS) is 21.3. The molecule has 2 aromatic rings. The van der Waals surface area contributed by atoms with Crippen molar-refractivity contribution in [1.29, 1.82) is 0 Å². The van der Waals surface area contributed by atoms with Crippen LogP contribution in [0.1, 0.15) is 50.2 Å². The van der Waals surface area contributed by atoms with Gasteiger partial charge in [-0.05, 0) is 68.4 Å². The molecule has 0 unspecified atom stereocenters. The molecule has 1 amide bonds. The number of anilines is 1. The summed E-state index contributed by atoms with van der Waals surface area (Å²) >= 11 is 0. The van der Waals surface area contributed by atoms with Crippen LogP contribution in [0, 0.1) is 18.7 Å². The first-order valence-electron chi connectivity index (χ1n) is 12.7. The molecule has 1 N–H and O–H groups in total. The number of pyridine rings is 1. The fourth-order valence-electron chi connectivity index (χ4n) is 4.98. The summed E-state index contributed by atoms with van der Waals surface area (Å²) in [6.07, 6.45) is 5.31. The molecule has 1 saturated heterocycles. The van der Waals surface area contributed by atoms with Crippen molar-refractivity contribution in [2.75, 3.05) is 37.6 Å². The summed E-state index contributed by atoms with van der Waals surface area (Å²) in [4.78, 5) is 22.0. The van der Waals surface area contributed by atoms with E-state index >= 15 is 0 Å². The molecule has 1 aromatic carbocycles. The SMILES string of the molecule is CCCN(c1ccc(CN2CCNCC2)c(C)c1)C(=O)[C@H]1CC[C@H](Oc2ccc(F)cn2)CC1. The molecule has 0 atom stereocenters. The highest BCUT2D eigenvalue weighted by molar-refractivity contribution is 5.95. The van der Waals surface area contributed by atoms with E-state index in [4.69, 9.17) is 4.74 Å². The van der Waals surface area contributed by atoms with Crippen molar-refractivity contribution in [3.8, 4) is 5.88 Å². The van der Waals surface area contributed by atoms with Gasteiger partial charge in [-0.25, -0.2) is 9.37 Å². The largest absolute Gasteiger partial charge is 0.474 e. The second kappa shape index (κ2) is 11.8. The summed E-state index contributed by atoms with van der Waals surface area (Å²) in [6.45, 7) is 10.2. The van der Waals surface area contributed by atoms with E-state index in [1.807, 2.05) is 4.90 Å². The molecule has 1 aromatic heterocycles. The Bertz CT molecular complexity index is 938. The Morgan fingerprint density at radius 1 is 1.18 bits per heavy atom. The second-order valence-corrected chi connectivity index (χ2v) is 9.53. The number of piperazine rings is 1. The van der Waals surface area contributed by atoms with E-state index in [0.717, 1.165) is 77.1 Å². The maximum Gasteiger partial charge on any atom is 0.230 e. The second-order valence-electron chi connectivity index (χ2n) is 9.53. The van der Waals surface area contributed by atoms with E-state index in [2.05, 4.69) is 47.2 Å². The summed E-state index contributed by atoms with van der Waals surface area (Å²) in [7, 11) is 0. The van der Waals surface area contributed by atoms with Gasteiger partial charge >= 0.3 is 0 Å². The monoisotopic (exact) mass is 468 g/mol. The van der Waals surface area contributed by atoms with E-state index in [-0.39, 0.29) is 23.7 Å². The van der Waals surface area contributed by atoms with Crippen LogP contribution in [0.3, 0.4) is 0 Å². The maximum absolute atomic E-state index is 13.5. The Morgan fingerprint density at radius 3 is 2.59 bits per heavy atom. The van der Waals surface area contributed by atoms with Crippen LogP contribution in [0.2, 0.25) is 0 Å². The number of halogens is 1. The van der Waals surface area contributed by atoms with Gasteiger partial charge in [0.05, 0.1) is 6.20 Å². The molecule has 0 radical (unpaired) electrons. The van der Waals surface area contributed by atoms with E-state index in [9.17, 15) is 9.18 Å². The average Bonchev–Trinajstić information content (AvgIpc) is 2.86. The van der Waals surface area contributed by atoms with Crippen molar-refractivity contribution in [2.45, 2.75) is 58.6 Å². The van der Waals surface area contributed by atoms with Crippen molar-refractivity contribution in [3.05, 3.63) is 53.5 Å². The first-order valence-corrected chi connectivity index (χ1v) is 12.7. The third kappa shape index (κ3) is 6.33. The zero-order chi connectivity index (χ0) is 23.9. The first kappa shape index (κ1) is 24.6. The number of nitrogens with zero attached hydrogens (tertiary/aromatic N) is 3. The van der Waals surface area contributed by atoms with Crippen LogP contribution in [-0.2, 0) is 11.3 Å². The average molecular weight is 469 g/mol. The van der Waals surface area contributed by atoms with Crippen LogP contribution < -0.4 is 15.0 Å². The van der Waals surface area contributed by atoms with Gasteiger partial charge in [-0.3, -0.25) is 9.69 Å². The van der Waals surface area contributed by atoms with E-state index in [0.29, 0.717) is 5.88 Å². The number of nitrogens with one attached hydrogen (secondary N) is 1. The van der Waals surface area contributed by atoms with Crippen LogP contribution in [0.15, 0.2) is 36.5 Å². The van der Waals surface area contributed by atoms with E-state index in [1.165, 1.54) is 23.4 Å². The molecule has 0 spiro atoms. The Labute approximate surface area is 202 Å². The molecule has 6 nitrogen and oxygen atoms in total. The molecule has 7 heteroatoms. The number of rotatable bonds is 8. The number of hydrogen-bond acceptors (Lipinski definition) is 5. The van der Waals surface area contributed by atoms with Crippen LogP contribution in [0.4, 0.5) is 10.1 Å². The zero-order valence-corrected chi connectivity index (χ0v) is 20.4. The lowest BCUT2D eigenvalue weighted by molar-refractivity contribution is -0.123. The highest BCUT2D eigenvalue weighted by Crippen LogP contribution is 2.31. The molecule has 4 rings (SSSR count). The van der Waals surface area contributed by atoms with Gasteiger partial charge in [-0.2, -0.15) is 0 Å². The number of carbonyl (C=O) groups excluding carboxylic acids is 1. The molecule has 0 bridgehead atoms. The third-order valence-corrected chi connectivity index (χ3v) is 6.97. The van der Waals surface area contributed by atoms with Gasteiger partial charge in [0, 0.05) is 56.9 Å². The van der Waals surface area contributed by atoms with Gasteiger partial charge in [0.2, 0.25) is 11.8 Å². The number of aryl methyl sites for hydroxylation is 1. The van der Waals surface area contributed by atoms with Crippen molar-refractivity contribution >= 4 is 11.6 Å². The van der Waals surface area contributed by atoms with E-state index < -0.39 is 0 Å². The summed E-state index contributed by atoms with van der Waals surface area (Å²) < 4.78 is 19.0. The molecule has 1 aliphatic heterocycles. The van der Waals surface area contributed by atoms with Gasteiger partial charge in [-0.1, -0.05) is 13.0 Å². The quantitative estimate of drug-likeness (QED) is 0.626. The summed E-state index contributed by atoms with van der Waals surface area (Å²) in [5.74, 6) is 0.299. The molecule has 1 saturated carbocycles. The van der Waals surface area contributed by atoms with Gasteiger partial charge < -0.3 is 15.0 Å². The maximum atomic E-state index is 13.5. The molecule has 34 heavy (non-hydrogen) atoms. The Morgan fingerprint density at radius 2 is 1.94 bits per heavy atom. The molecular weight excluding hydrogens is 431 g/mol. The molecule has 2 fully saturated rings. The predicted molar refractivity (Wildman–Crippen MR) is 133 cm³/mol. The standard InChI is InChI=1S/C27H37FN4O2/c1-3-14-32(24-8-4-22(20(2)17-24)19-31-15-12-29-13-16-31)27(33)21-5-9-25(10-6-21)34-26-11-7-23(28)18-30-26/h4,7-8,11,17-18,21,25,29H,3,5-6,9-10,12-16,19H2,1-2H3/t21-,25-. The topological polar surface area (TPSA) is 57.7 Å². The highest BCUT2D eigenvalue weighted by Gasteiger charge is 2.31. The minimum atomic E-state index is -0.371. The first-order chi connectivity index (χ1) is 16.5. The molecular formula is C27H37FN4O2. The summed E-state index contributed by atoms with van der Waals surface area (Å²) in [5.41, 5.74) is 3.58.